The van der Waals surface area contributed by atoms with Crippen molar-refractivity contribution >= 4 is 5.69 Å². The first-order valence-electron chi connectivity index (χ1n) is 8.00. The third-order valence-electron chi connectivity index (χ3n) is 3.68. The second-order valence-corrected chi connectivity index (χ2v) is 5.92. The molecule has 0 radical (unpaired) electrons. The van der Waals surface area contributed by atoms with Crippen LogP contribution < -0.4 is 10.2 Å². The highest BCUT2D eigenvalue weighted by atomic mass is 15.2. The number of hydrogen-bond acceptors (Lipinski definition) is 4. The highest BCUT2D eigenvalue weighted by Gasteiger charge is 2.30. The van der Waals surface area contributed by atoms with Crippen molar-refractivity contribution in [2.75, 3.05) is 18.0 Å². The average molecular weight is 276 g/mol. The Balaban J connectivity index is 2.28. The number of rotatable bonds is 8. The van der Waals surface area contributed by atoms with Gasteiger partial charge in [0.25, 0.3) is 0 Å². The van der Waals surface area contributed by atoms with E-state index in [0.717, 1.165) is 31.2 Å². The summed E-state index contributed by atoms with van der Waals surface area (Å²) < 4.78 is 0. The van der Waals surface area contributed by atoms with Crippen molar-refractivity contribution in [3.63, 3.8) is 0 Å². The molecule has 1 aromatic heterocycles. The van der Waals surface area contributed by atoms with Gasteiger partial charge in [-0.2, -0.15) is 0 Å². The van der Waals surface area contributed by atoms with E-state index < -0.39 is 0 Å². The lowest BCUT2D eigenvalue weighted by Gasteiger charge is -2.26. The van der Waals surface area contributed by atoms with E-state index in [1.807, 2.05) is 6.20 Å². The first kappa shape index (κ1) is 15.2. The van der Waals surface area contributed by atoms with E-state index >= 15 is 0 Å². The predicted octanol–water partition coefficient (Wildman–Crippen LogP) is 3.09. The second-order valence-electron chi connectivity index (χ2n) is 5.92. The summed E-state index contributed by atoms with van der Waals surface area (Å²) >= 11 is 0. The van der Waals surface area contributed by atoms with Crippen molar-refractivity contribution in [3.05, 3.63) is 17.7 Å². The summed E-state index contributed by atoms with van der Waals surface area (Å²) in [7, 11) is 0. The Kier molecular flexibility index (Phi) is 5.35. The lowest BCUT2D eigenvalue weighted by Crippen LogP contribution is -2.29. The van der Waals surface area contributed by atoms with Crippen LogP contribution in [-0.4, -0.2) is 29.1 Å². The van der Waals surface area contributed by atoms with Gasteiger partial charge in [0.2, 0.25) is 0 Å². The molecule has 4 heteroatoms. The molecule has 1 heterocycles. The van der Waals surface area contributed by atoms with Gasteiger partial charge in [-0.1, -0.05) is 27.7 Å². The normalized spacial score (nSPS) is 14.8. The Bertz CT molecular complexity index is 426. The maximum Gasteiger partial charge on any atom is 0.131 e. The summed E-state index contributed by atoms with van der Waals surface area (Å²) in [6.45, 7) is 11.6. The van der Waals surface area contributed by atoms with Crippen molar-refractivity contribution in [3.8, 4) is 0 Å². The monoisotopic (exact) mass is 276 g/mol. The molecule has 1 fully saturated rings. The van der Waals surface area contributed by atoms with Crippen molar-refractivity contribution in [1.29, 1.82) is 0 Å². The molecule has 1 aliphatic rings. The van der Waals surface area contributed by atoms with E-state index in [2.05, 4.69) is 42.9 Å². The summed E-state index contributed by atoms with van der Waals surface area (Å²) in [5.41, 5.74) is 2.39. The maximum atomic E-state index is 4.81. The average Bonchev–Trinajstić information content (AvgIpc) is 3.27. The first-order valence-corrected chi connectivity index (χ1v) is 8.00. The summed E-state index contributed by atoms with van der Waals surface area (Å²) in [6.07, 6.45) is 5.84. The molecule has 1 N–H and O–H groups in total. The first-order chi connectivity index (χ1) is 9.67. The van der Waals surface area contributed by atoms with E-state index in [-0.39, 0.29) is 0 Å². The minimum Gasteiger partial charge on any atom is -0.366 e. The topological polar surface area (TPSA) is 41.1 Å². The van der Waals surface area contributed by atoms with Gasteiger partial charge in [0.15, 0.2) is 0 Å². The molecule has 2 rings (SSSR count). The van der Waals surface area contributed by atoms with Crippen molar-refractivity contribution in [1.82, 2.24) is 15.3 Å². The molecule has 0 bridgehead atoms. The molecule has 0 amide bonds. The van der Waals surface area contributed by atoms with E-state index in [4.69, 9.17) is 4.98 Å². The van der Waals surface area contributed by atoms with Gasteiger partial charge in [-0.15, -0.1) is 0 Å². The van der Waals surface area contributed by atoms with Crippen LogP contribution in [0.3, 0.4) is 0 Å². The fourth-order valence-electron chi connectivity index (χ4n) is 2.44. The van der Waals surface area contributed by atoms with Gasteiger partial charge in [-0.25, -0.2) is 9.97 Å². The summed E-state index contributed by atoms with van der Waals surface area (Å²) in [6, 6.07) is 0.712. The summed E-state index contributed by atoms with van der Waals surface area (Å²) in [5, 5.41) is 3.41. The van der Waals surface area contributed by atoms with Crippen LogP contribution in [0, 0.1) is 0 Å². The standard InChI is InChI=1S/C16H28N4/c1-5-9-20(13-7-8-13)15-11-18-16(12(3)4)19-14(15)10-17-6-2/h11-13,17H,5-10H2,1-4H3. The molecule has 112 valence electrons. The fraction of sp³-hybridized carbons (Fsp3) is 0.750. The van der Waals surface area contributed by atoms with E-state index in [0.29, 0.717) is 12.0 Å². The van der Waals surface area contributed by atoms with Gasteiger partial charge in [-0.05, 0) is 25.8 Å². The van der Waals surface area contributed by atoms with E-state index in [9.17, 15) is 0 Å². The van der Waals surface area contributed by atoms with Crippen molar-refractivity contribution < 1.29 is 0 Å². The number of aromatic nitrogens is 2. The van der Waals surface area contributed by atoms with Gasteiger partial charge in [0, 0.05) is 25.0 Å². The molecular formula is C16H28N4. The van der Waals surface area contributed by atoms with Crippen molar-refractivity contribution in [2.45, 2.75) is 65.5 Å². The minimum absolute atomic E-state index is 0.380. The Hall–Kier alpha value is -1.16. The molecular weight excluding hydrogens is 248 g/mol. The van der Waals surface area contributed by atoms with Crippen LogP contribution in [0.15, 0.2) is 6.20 Å². The lowest BCUT2D eigenvalue weighted by atomic mass is 10.2. The SMILES string of the molecule is CCCN(c1cnc(C(C)C)nc1CNCC)C1CC1. The number of nitrogens with zero attached hydrogens (tertiary/aromatic N) is 3. The Morgan fingerprint density at radius 3 is 2.65 bits per heavy atom. The minimum atomic E-state index is 0.380. The smallest absolute Gasteiger partial charge is 0.131 e. The van der Waals surface area contributed by atoms with Crippen LogP contribution in [0.5, 0.6) is 0 Å². The van der Waals surface area contributed by atoms with Crippen LogP contribution in [-0.2, 0) is 6.54 Å². The third kappa shape index (κ3) is 3.69. The molecule has 0 unspecified atom stereocenters. The zero-order valence-corrected chi connectivity index (χ0v) is 13.3. The molecule has 1 aliphatic carbocycles. The number of hydrogen-bond donors (Lipinski definition) is 1. The molecule has 0 spiro atoms. The Morgan fingerprint density at radius 2 is 2.10 bits per heavy atom. The van der Waals surface area contributed by atoms with Crippen LogP contribution >= 0.6 is 0 Å². The molecule has 0 atom stereocenters. The Labute approximate surface area is 123 Å². The highest BCUT2D eigenvalue weighted by Crippen LogP contribution is 2.33. The van der Waals surface area contributed by atoms with E-state index in [1.165, 1.54) is 24.9 Å². The lowest BCUT2D eigenvalue weighted by molar-refractivity contribution is 0.672. The van der Waals surface area contributed by atoms with Gasteiger partial charge in [0.05, 0.1) is 17.6 Å². The molecule has 0 saturated heterocycles. The second kappa shape index (κ2) is 7.02. The zero-order valence-electron chi connectivity index (χ0n) is 13.3. The van der Waals surface area contributed by atoms with Crippen LogP contribution in [0.25, 0.3) is 0 Å². The number of nitrogens with one attached hydrogen (secondary N) is 1. The Morgan fingerprint density at radius 1 is 1.35 bits per heavy atom. The molecule has 0 aromatic carbocycles. The van der Waals surface area contributed by atoms with Crippen LogP contribution in [0.2, 0.25) is 0 Å². The van der Waals surface area contributed by atoms with Gasteiger partial charge < -0.3 is 10.2 Å². The molecule has 20 heavy (non-hydrogen) atoms. The van der Waals surface area contributed by atoms with Gasteiger partial charge >= 0.3 is 0 Å². The van der Waals surface area contributed by atoms with Gasteiger partial charge in [-0.3, -0.25) is 0 Å². The molecule has 1 aromatic rings. The quantitative estimate of drug-likeness (QED) is 0.792. The highest BCUT2D eigenvalue weighted by molar-refractivity contribution is 5.51. The predicted molar refractivity (Wildman–Crippen MR) is 84.2 cm³/mol. The van der Waals surface area contributed by atoms with Crippen molar-refractivity contribution in [2.24, 2.45) is 0 Å². The summed E-state index contributed by atoms with van der Waals surface area (Å²) in [4.78, 5) is 11.9. The fourth-order valence-corrected chi connectivity index (χ4v) is 2.44. The van der Waals surface area contributed by atoms with Crippen LogP contribution in [0.1, 0.15) is 64.4 Å². The third-order valence-corrected chi connectivity index (χ3v) is 3.68. The largest absolute Gasteiger partial charge is 0.366 e. The van der Waals surface area contributed by atoms with E-state index in [1.54, 1.807) is 0 Å². The van der Waals surface area contributed by atoms with Gasteiger partial charge in [0.1, 0.15) is 5.82 Å². The molecule has 1 saturated carbocycles. The van der Waals surface area contributed by atoms with Crippen LogP contribution in [0.4, 0.5) is 5.69 Å². The zero-order chi connectivity index (χ0) is 14.5. The molecule has 4 nitrogen and oxygen atoms in total. The number of anilines is 1. The summed E-state index contributed by atoms with van der Waals surface area (Å²) in [5.74, 6) is 1.33. The molecule has 0 aliphatic heterocycles. The maximum absolute atomic E-state index is 4.81.